The number of piperidine rings is 1. The highest BCUT2D eigenvalue weighted by atomic mass is 32.1. The maximum atomic E-state index is 12.7. The van der Waals surface area contributed by atoms with Gasteiger partial charge in [-0.25, -0.2) is 0 Å². The monoisotopic (exact) mass is 292 g/mol. The molecule has 1 aromatic carbocycles. The predicted octanol–water partition coefficient (Wildman–Crippen LogP) is 1.69. The van der Waals surface area contributed by atoms with E-state index in [1.54, 1.807) is 7.11 Å². The molecule has 0 spiro atoms. The van der Waals surface area contributed by atoms with Crippen LogP contribution < -0.4 is 5.73 Å². The van der Waals surface area contributed by atoms with Gasteiger partial charge < -0.3 is 15.4 Å². The van der Waals surface area contributed by atoms with Crippen molar-refractivity contribution < 1.29 is 9.53 Å². The number of nitrogens with two attached hydrogens (primary N) is 1. The normalized spacial score (nSPS) is 17.8. The molecule has 1 atom stereocenters. The first-order chi connectivity index (χ1) is 9.63. The summed E-state index contributed by atoms with van der Waals surface area (Å²) in [7, 11) is 1.71. The first-order valence-electron chi connectivity index (χ1n) is 6.79. The minimum atomic E-state index is -0.523. The van der Waals surface area contributed by atoms with Crippen molar-refractivity contribution in [3.63, 3.8) is 0 Å². The molecule has 0 aliphatic carbocycles. The van der Waals surface area contributed by atoms with Gasteiger partial charge >= 0.3 is 0 Å². The van der Waals surface area contributed by atoms with E-state index in [1.807, 2.05) is 35.2 Å². The molecule has 2 rings (SSSR count). The summed E-state index contributed by atoms with van der Waals surface area (Å²) in [5, 5.41) is 0. The Hall–Kier alpha value is -1.46. The number of ether oxygens (including phenoxy) is 1. The lowest BCUT2D eigenvalue weighted by atomic mass is 9.96. The maximum absolute atomic E-state index is 12.7. The van der Waals surface area contributed by atoms with Gasteiger partial charge in [-0.2, -0.15) is 0 Å². The number of nitrogens with zero attached hydrogens (tertiary/aromatic N) is 1. The van der Waals surface area contributed by atoms with E-state index in [0.29, 0.717) is 13.1 Å². The number of carbonyl (C=O) groups excluding carboxylic acids is 1. The number of likely N-dealkylation sites (tertiary alicyclic amines) is 1. The molecule has 1 amide bonds. The molecule has 108 valence electrons. The van der Waals surface area contributed by atoms with Crippen molar-refractivity contribution in [2.75, 3.05) is 20.2 Å². The lowest BCUT2D eigenvalue weighted by Crippen LogP contribution is -2.45. The van der Waals surface area contributed by atoms with Crippen molar-refractivity contribution in [2.45, 2.75) is 24.9 Å². The molecule has 1 saturated heterocycles. The van der Waals surface area contributed by atoms with E-state index >= 15 is 0 Å². The van der Waals surface area contributed by atoms with Crippen LogP contribution in [0.5, 0.6) is 0 Å². The Morgan fingerprint density at radius 3 is 2.45 bits per heavy atom. The highest BCUT2D eigenvalue weighted by molar-refractivity contribution is 7.80. The zero-order valence-corrected chi connectivity index (χ0v) is 12.4. The Morgan fingerprint density at radius 2 is 1.95 bits per heavy atom. The topological polar surface area (TPSA) is 55.6 Å². The number of rotatable bonds is 4. The standard InChI is InChI=1S/C15H20N2O2S/c1-19-12-7-9-17(10-8-12)15(18)13(14(16)20)11-5-3-2-4-6-11/h2-6,12-13H,7-10H2,1H3,(H2,16,20). The van der Waals surface area contributed by atoms with Crippen molar-refractivity contribution in [1.82, 2.24) is 4.90 Å². The number of benzene rings is 1. The number of carbonyl (C=O) groups is 1. The van der Waals surface area contributed by atoms with Crippen LogP contribution in [0.15, 0.2) is 30.3 Å². The Morgan fingerprint density at radius 1 is 1.35 bits per heavy atom. The van der Waals surface area contributed by atoms with E-state index in [1.165, 1.54) is 0 Å². The van der Waals surface area contributed by atoms with Crippen molar-refractivity contribution in [1.29, 1.82) is 0 Å². The van der Waals surface area contributed by atoms with Gasteiger partial charge in [0.1, 0.15) is 5.92 Å². The van der Waals surface area contributed by atoms with E-state index in [-0.39, 0.29) is 17.0 Å². The number of thiocarbonyl (C=S) groups is 1. The highest BCUT2D eigenvalue weighted by Gasteiger charge is 2.30. The summed E-state index contributed by atoms with van der Waals surface area (Å²) in [4.78, 5) is 14.7. The van der Waals surface area contributed by atoms with Crippen molar-refractivity contribution in [3.05, 3.63) is 35.9 Å². The molecule has 0 bridgehead atoms. The Labute approximate surface area is 124 Å². The molecule has 1 aromatic rings. The van der Waals surface area contributed by atoms with Gasteiger partial charge in [-0.1, -0.05) is 42.5 Å². The molecule has 1 aliphatic heterocycles. The van der Waals surface area contributed by atoms with Crippen molar-refractivity contribution in [3.8, 4) is 0 Å². The van der Waals surface area contributed by atoms with Crippen LogP contribution in [0, 0.1) is 0 Å². The van der Waals surface area contributed by atoms with Crippen LogP contribution in [-0.2, 0) is 9.53 Å². The van der Waals surface area contributed by atoms with Crippen LogP contribution in [-0.4, -0.2) is 42.1 Å². The largest absolute Gasteiger partial charge is 0.392 e. The van der Waals surface area contributed by atoms with Crippen molar-refractivity contribution in [2.24, 2.45) is 5.73 Å². The molecule has 0 aromatic heterocycles. The number of methoxy groups -OCH3 is 1. The number of hydrogen-bond acceptors (Lipinski definition) is 3. The minimum Gasteiger partial charge on any atom is -0.392 e. The van der Waals surface area contributed by atoms with E-state index in [9.17, 15) is 4.79 Å². The molecule has 1 fully saturated rings. The van der Waals surface area contributed by atoms with Crippen LogP contribution >= 0.6 is 12.2 Å². The van der Waals surface area contributed by atoms with Gasteiger partial charge in [-0.3, -0.25) is 4.79 Å². The predicted molar refractivity (Wildman–Crippen MR) is 82.6 cm³/mol. The van der Waals surface area contributed by atoms with E-state index < -0.39 is 5.92 Å². The van der Waals surface area contributed by atoms with Gasteiger partial charge in [0.15, 0.2) is 0 Å². The van der Waals surface area contributed by atoms with Gasteiger partial charge in [0, 0.05) is 20.2 Å². The number of hydrogen-bond donors (Lipinski definition) is 1. The first-order valence-corrected chi connectivity index (χ1v) is 7.20. The fourth-order valence-corrected chi connectivity index (χ4v) is 2.81. The van der Waals surface area contributed by atoms with Gasteiger partial charge in [0.2, 0.25) is 5.91 Å². The molecule has 20 heavy (non-hydrogen) atoms. The second kappa shape index (κ2) is 6.81. The van der Waals surface area contributed by atoms with E-state index in [4.69, 9.17) is 22.7 Å². The molecule has 1 aliphatic rings. The van der Waals surface area contributed by atoms with Gasteiger partial charge in [-0.15, -0.1) is 0 Å². The molecule has 0 saturated carbocycles. The van der Waals surface area contributed by atoms with Crippen LogP contribution in [0.2, 0.25) is 0 Å². The number of amides is 1. The lowest BCUT2D eigenvalue weighted by molar-refractivity contribution is -0.133. The highest BCUT2D eigenvalue weighted by Crippen LogP contribution is 2.22. The smallest absolute Gasteiger partial charge is 0.236 e. The summed E-state index contributed by atoms with van der Waals surface area (Å²) in [6.07, 6.45) is 1.97. The molecule has 2 N–H and O–H groups in total. The first kappa shape index (κ1) is 14.9. The second-order valence-electron chi connectivity index (χ2n) is 5.01. The van der Waals surface area contributed by atoms with Crippen LogP contribution in [0.4, 0.5) is 0 Å². The summed E-state index contributed by atoms with van der Waals surface area (Å²) in [6.45, 7) is 1.40. The molecule has 1 unspecified atom stereocenters. The zero-order chi connectivity index (χ0) is 14.5. The lowest BCUT2D eigenvalue weighted by Gasteiger charge is -2.33. The maximum Gasteiger partial charge on any atom is 0.236 e. The van der Waals surface area contributed by atoms with Crippen LogP contribution in [0.3, 0.4) is 0 Å². The summed E-state index contributed by atoms with van der Waals surface area (Å²) in [6, 6.07) is 9.48. The minimum absolute atomic E-state index is 0.00162. The second-order valence-corrected chi connectivity index (χ2v) is 5.48. The fourth-order valence-electron chi connectivity index (χ4n) is 2.57. The molecular weight excluding hydrogens is 272 g/mol. The zero-order valence-electron chi connectivity index (χ0n) is 11.6. The molecule has 5 heteroatoms. The van der Waals surface area contributed by atoms with E-state index in [2.05, 4.69) is 0 Å². The van der Waals surface area contributed by atoms with Crippen LogP contribution in [0.1, 0.15) is 24.3 Å². The third-order valence-corrected chi connectivity index (χ3v) is 3.99. The molecular formula is C15H20N2O2S. The Bertz CT molecular complexity index is 470. The third-order valence-electron chi connectivity index (χ3n) is 3.75. The Kier molecular flexibility index (Phi) is 5.09. The summed E-state index contributed by atoms with van der Waals surface area (Å²) >= 11 is 5.10. The van der Waals surface area contributed by atoms with Gasteiger partial charge in [0.05, 0.1) is 11.1 Å². The average Bonchev–Trinajstić information content (AvgIpc) is 2.48. The van der Waals surface area contributed by atoms with Gasteiger partial charge in [0.25, 0.3) is 0 Å². The summed E-state index contributed by atoms with van der Waals surface area (Å²) < 4.78 is 5.32. The Balaban J connectivity index is 2.11. The average molecular weight is 292 g/mol. The van der Waals surface area contributed by atoms with Gasteiger partial charge in [-0.05, 0) is 18.4 Å². The third kappa shape index (κ3) is 3.35. The van der Waals surface area contributed by atoms with E-state index in [0.717, 1.165) is 18.4 Å². The molecule has 1 heterocycles. The summed E-state index contributed by atoms with van der Waals surface area (Å²) in [5.74, 6) is -0.524. The molecule has 4 nitrogen and oxygen atoms in total. The molecule has 0 radical (unpaired) electrons. The fraction of sp³-hybridized carbons (Fsp3) is 0.467. The van der Waals surface area contributed by atoms with Crippen LogP contribution in [0.25, 0.3) is 0 Å². The SMILES string of the molecule is COC1CCN(C(=O)C(C(N)=S)c2ccccc2)CC1. The van der Waals surface area contributed by atoms with Crippen molar-refractivity contribution >= 4 is 23.1 Å². The quantitative estimate of drug-likeness (QED) is 0.858. The summed E-state index contributed by atoms with van der Waals surface area (Å²) in [5.41, 5.74) is 6.65.